The van der Waals surface area contributed by atoms with E-state index in [1.54, 1.807) is 18.3 Å². The van der Waals surface area contributed by atoms with E-state index in [-0.39, 0.29) is 0 Å². The Morgan fingerprint density at radius 3 is 2.07 bits per heavy atom. The van der Waals surface area contributed by atoms with E-state index in [2.05, 4.69) is 27.6 Å². The van der Waals surface area contributed by atoms with Gasteiger partial charge in [-0.1, -0.05) is 63.5 Å². The third-order valence-corrected chi connectivity index (χ3v) is 2.98. The summed E-state index contributed by atoms with van der Waals surface area (Å²) in [5.41, 5.74) is 1.27. The Morgan fingerprint density at radius 1 is 1.21 bits per heavy atom. The summed E-state index contributed by atoms with van der Waals surface area (Å²) >= 11 is 25.2. The van der Waals surface area contributed by atoms with Crippen molar-refractivity contribution in [1.29, 1.82) is 0 Å². The van der Waals surface area contributed by atoms with Crippen LogP contribution in [0.3, 0.4) is 0 Å². The fourth-order valence-electron chi connectivity index (χ4n) is 0.821. The number of nitrogens with zero attached hydrogens (tertiary/aromatic N) is 1. The summed E-state index contributed by atoms with van der Waals surface area (Å²) in [5, 5.41) is 0. The third kappa shape index (κ3) is 3.56. The summed E-state index contributed by atoms with van der Waals surface area (Å²) in [5.74, 6) is 0. The lowest BCUT2D eigenvalue weighted by molar-refractivity contribution is 0.989. The van der Waals surface area contributed by atoms with Gasteiger partial charge in [-0.25, -0.2) is 0 Å². The molecule has 1 aromatic rings. The summed E-state index contributed by atoms with van der Waals surface area (Å²) in [6.45, 7) is 1.86. The van der Waals surface area contributed by atoms with Gasteiger partial charge in [-0.2, -0.15) is 0 Å². The fraction of sp³-hybridized carbons (Fsp3) is 0.375. The molecule has 0 aliphatic rings. The van der Waals surface area contributed by atoms with Crippen LogP contribution < -0.4 is 0 Å². The Balaban J connectivity index is 3.02. The molecule has 1 atom stereocenters. The zero-order valence-corrected chi connectivity index (χ0v) is 12.3. The van der Waals surface area contributed by atoms with Crippen molar-refractivity contribution in [2.24, 2.45) is 0 Å². The number of hydrogen-bond acceptors (Lipinski definition) is 1. The van der Waals surface area contributed by atoms with E-state index in [0.717, 1.165) is 5.56 Å². The Labute approximate surface area is 116 Å². The zero-order chi connectivity index (χ0) is 11.0. The number of alkyl halides is 5. The van der Waals surface area contributed by atoms with Crippen molar-refractivity contribution < 1.29 is 0 Å². The van der Waals surface area contributed by atoms with E-state index in [1.165, 1.54) is 0 Å². The lowest BCUT2D eigenvalue weighted by Crippen LogP contribution is -2.07. The molecule has 1 rings (SSSR count). The first-order valence-corrected chi connectivity index (χ1v) is 6.22. The molecule has 6 heteroatoms. The molecule has 0 aliphatic heterocycles. The Morgan fingerprint density at radius 2 is 1.79 bits per heavy atom. The molecule has 1 aromatic heterocycles. The number of pyridine rings is 1. The molecule has 0 N–H and O–H groups in total. The second kappa shape index (κ2) is 4.50. The van der Waals surface area contributed by atoms with Crippen molar-refractivity contribution in [2.75, 3.05) is 0 Å². The van der Waals surface area contributed by atoms with Crippen LogP contribution in [0.5, 0.6) is 0 Å². The quantitative estimate of drug-likeness (QED) is 0.502. The van der Waals surface area contributed by atoms with Gasteiger partial charge >= 0.3 is 0 Å². The molecule has 0 radical (unpaired) electrons. The van der Waals surface area contributed by atoms with Gasteiger partial charge in [0.25, 0.3) is 0 Å². The van der Waals surface area contributed by atoms with E-state index >= 15 is 0 Å². The van der Waals surface area contributed by atoms with Crippen LogP contribution in [-0.2, 0) is 6.67 Å². The molecule has 1 unspecified atom stereocenters. The second-order valence-electron chi connectivity index (χ2n) is 2.82. The number of hydrogen-bond donors (Lipinski definition) is 0. The number of aromatic nitrogens is 1. The largest absolute Gasteiger partial charge is 0.256 e. The van der Waals surface area contributed by atoms with Crippen molar-refractivity contribution in [3.05, 3.63) is 29.6 Å². The topological polar surface area (TPSA) is 12.9 Å². The average Bonchev–Trinajstić information content (AvgIpc) is 2.01. The lowest BCUT2D eigenvalue weighted by atomic mass is 10.2. The Bertz CT molecular complexity index is 279. The van der Waals surface area contributed by atoms with Crippen LogP contribution in [0, 0.1) is 0 Å². The van der Waals surface area contributed by atoms with Crippen LogP contribution in [0.2, 0.25) is 0 Å². The minimum atomic E-state index is -1.48. The normalized spacial score (nSPS) is 16.4. The van der Waals surface area contributed by atoms with Gasteiger partial charge < -0.3 is 0 Å². The summed E-state index contributed by atoms with van der Waals surface area (Å²) in [4.78, 5) is 4.03. The Kier molecular flexibility index (Phi) is 4.21. The zero-order valence-electron chi connectivity index (χ0n) is 7.07. The molecule has 1 nitrogen and oxygen atoms in total. The van der Waals surface area contributed by atoms with Crippen LogP contribution in [0.4, 0.5) is 0 Å². The van der Waals surface area contributed by atoms with Gasteiger partial charge in [0.05, 0.1) is 5.69 Å². The van der Waals surface area contributed by atoms with Crippen LogP contribution in [0.15, 0.2) is 18.3 Å². The maximum atomic E-state index is 6.07. The molecule has 14 heavy (non-hydrogen) atoms. The molecule has 0 bridgehead atoms. The van der Waals surface area contributed by atoms with E-state index in [4.69, 9.17) is 46.4 Å². The molecule has 0 aliphatic carbocycles. The molecule has 0 spiro atoms. The third-order valence-electron chi connectivity index (χ3n) is 1.56. The maximum Gasteiger partial charge on any atom is 0.232 e. The predicted molar refractivity (Wildman–Crippen MR) is 70.7 cm³/mol. The molecule has 0 fully saturated rings. The molecular formula is C8H6Cl4IN. The highest BCUT2D eigenvalue weighted by Crippen LogP contribution is 2.39. The molecule has 0 aromatic carbocycles. The molecular weight excluding hydrogens is 379 g/mol. The van der Waals surface area contributed by atoms with Crippen LogP contribution in [-0.4, -0.2) is 4.98 Å². The number of halogens is 5. The van der Waals surface area contributed by atoms with Crippen LogP contribution in [0.1, 0.15) is 18.2 Å². The van der Waals surface area contributed by atoms with E-state index in [9.17, 15) is 0 Å². The van der Waals surface area contributed by atoms with E-state index in [1.807, 2.05) is 6.92 Å². The first kappa shape index (κ1) is 13.1. The first-order valence-electron chi connectivity index (χ1n) is 3.63. The highest BCUT2D eigenvalue weighted by Gasteiger charge is 2.26. The summed E-state index contributed by atoms with van der Waals surface area (Å²) < 4.78 is -1.97. The number of rotatable bonds is 1. The highest BCUT2D eigenvalue weighted by atomic mass is 127. The summed E-state index contributed by atoms with van der Waals surface area (Å²) in [6.07, 6.45) is 1.61. The van der Waals surface area contributed by atoms with Gasteiger partial charge in [-0.3, -0.25) is 4.98 Å². The van der Waals surface area contributed by atoms with Crippen LogP contribution >= 0.6 is 69.0 Å². The molecule has 78 valence electrons. The minimum Gasteiger partial charge on any atom is -0.256 e. The van der Waals surface area contributed by atoms with Crippen molar-refractivity contribution in [1.82, 2.24) is 4.98 Å². The van der Waals surface area contributed by atoms with Gasteiger partial charge in [0.15, 0.2) is 0 Å². The van der Waals surface area contributed by atoms with Crippen molar-refractivity contribution in [2.45, 2.75) is 13.6 Å². The summed E-state index contributed by atoms with van der Waals surface area (Å²) in [7, 11) is 0. The monoisotopic (exact) mass is 383 g/mol. The summed E-state index contributed by atoms with van der Waals surface area (Å²) in [6, 6.07) is 3.45. The fourth-order valence-corrected chi connectivity index (χ4v) is 1.59. The highest BCUT2D eigenvalue weighted by molar-refractivity contribution is 14.1. The van der Waals surface area contributed by atoms with Crippen molar-refractivity contribution in [3.63, 3.8) is 0 Å². The second-order valence-corrected chi connectivity index (χ2v) is 8.65. The van der Waals surface area contributed by atoms with Crippen molar-refractivity contribution in [3.8, 4) is 0 Å². The Hall–Kier alpha value is 1.04. The lowest BCUT2D eigenvalue weighted by Gasteiger charge is -2.15. The molecule has 0 amide bonds. The van der Waals surface area contributed by atoms with Gasteiger partial charge in [0.2, 0.25) is 3.79 Å². The molecule has 0 saturated heterocycles. The molecule has 1 heterocycles. The predicted octanol–water partition coefficient (Wildman–Crippen LogP) is 4.75. The maximum absolute atomic E-state index is 6.07. The van der Waals surface area contributed by atoms with Gasteiger partial charge in [-0.05, 0) is 13.0 Å². The van der Waals surface area contributed by atoms with Gasteiger partial charge in [0.1, 0.15) is 2.88 Å². The standard InChI is InChI=1S/C8H6Cl4IN/c1-7(9,13)5-2-3-6(14-4-5)8(10,11)12/h2-4H,1H3. The SMILES string of the molecule is CC(Cl)(I)c1ccc(C(Cl)(Cl)Cl)nc1. The smallest absolute Gasteiger partial charge is 0.232 e. The van der Waals surface area contributed by atoms with E-state index < -0.39 is 6.67 Å². The first-order chi connectivity index (χ1) is 6.21. The van der Waals surface area contributed by atoms with Gasteiger partial charge in [0, 0.05) is 11.8 Å². The average molecular weight is 385 g/mol. The van der Waals surface area contributed by atoms with Gasteiger partial charge in [-0.15, -0.1) is 11.6 Å². The molecule has 0 saturated carbocycles. The van der Waals surface area contributed by atoms with E-state index in [0.29, 0.717) is 5.69 Å². The van der Waals surface area contributed by atoms with Crippen LogP contribution in [0.25, 0.3) is 0 Å². The minimum absolute atomic E-state index is 0.392. The van der Waals surface area contributed by atoms with Crippen molar-refractivity contribution >= 4 is 69.0 Å².